The average Bonchev–Trinajstić information content (AvgIpc) is 2.87. The molecule has 1 fully saturated rings. The summed E-state index contributed by atoms with van der Waals surface area (Å²) in [5, 5.41) is 9.25. The predicted molar refractivity (Wildman–Crippen MR) is 123 cm³/mol. The number of hydrogen-bond acceptors (Lipinski definition) is 6. The molecule has 13 heteroatoms. The van der Waals surface area contributed by atoms with Gasteiger partial charge in [0.2, 0.25) is 0 Å². The molecule has 1 aromatic carbocycles. The average molecular weight is 546 g/mol. The number of rotatable bonds is 8. The van der Waals surface area contributed by atoms with E-state index in [-0.39, 0.29) is 36.4 Å². The number of nitrogens with zero attached hydrogens (tertiary/aromatic N) is 2. The highest BCUT2D eigenvalue weighted by Gasteiger charge is 2.56. The van der Waals surface area contributed by atoms with Crippen LogP contribution in [-0.4, -0.2) is 65.9 Å². The lowest BCUT2D eigenvalue weighted by Gasteiger charge is -2.38. The number of terminal acetylenes is 1. The molecule has 2 heterocycles. The second kappa shape index (κ2) is 10.7. The fraction of sp³-hybridized carbons (Fsp3) is 0.417. The van der Waals surface area contributed by atoms with Gasteiger partial charge in [0.05, 0.1) is 17.1 Å². The molecule has 0 radical (unpaired) electrons. The van der Waals surface area contributed by atoms with Gasteiger partial charge in [-0.15, -0.1) is 6.42 Å². The normalized spacial score (nSPS) is 16.7. The lowest BCUT2D eigenvalue weighted by atomic mass is 9.95. The summed E-state index contributed by atoms with van der Waals surface area (Å²) in [6, 6.07) is 8.22. The topological polar surface area (TPSA) is 99.6 Å². The number of nitrogens with one attached hydrogen (secondary N) is 1. The van der Waals surface area contributed by atoms with E-state index >= 15 is 0 Å². The van der Waals surface area contributed by atoms with E-state index in [1.165, 1.54) is 48.1 Å². The summed E-state index contributed by atoms with van der Waals surface area (Å²) in [4.78, 5) is 18.3. The quantitative estimate of drug-likeness (QED) is 0.228. The summed E-state index contributed by atoms with van der Waals surface area (Å²) >= 11 is 0. The van der Waals surface area contributed by atoms with Gasteiger partial charge in [-0.1, -0.05) is 24.1 Å². The summed E-state index contributed by atoms with van der Waals surface area (Å²) < 4.78 is 88.4. The van der Waals surface area contributed by atoms with Crippen molar-refractivity contribution in [3.8, 4) is 23.6 Å². The number of pyridine rings is 1. The van der Waals surface area contributed by atoms with Gasteiger partial charge >= 0.3 is 12.1 Å². The molecule has 0 saturated carbocycles. The molecular formula is C24H24F5N3O4S. The molecule has 2 N–H and O–H groups in total. The van der Waals surface area contributed by atoms with Crippen molar-refractivity contribution < 1.29 is 40.4 Å². The maximum atomic E-state index is 13.5. The molecule has 1 aliphatic heterocycles. The van der Waals surface area contributed by atoms with Crippen molar-refractivity contribution in [2.75, 3.05) is 19.6 Å². The van der Waals surface area contributed by atoms with E-state index in [2.05, 4.69) is 10.9 Å². The largest absolute Gasteiger partial charge is 0.453 e. The van der Waals surface area contributed by atoms with Gasteiger partial charge in [-0.25, -0.2) is 13.9 Å². The van der Waals surface area contributed by atoms with E-state index in [1.807, 2.05) is 4.90 Å². The number of halogens is 5. The minimum absolute atomic E-state index is 0.0818. The van der Waals surface area contributed by atoms with Gasteiger partial charge in [-0.2, -0.15) is 22.0 Å². The first kappa shape index (κ1) is 28.5. The fourth-order valence-electron chi connectivity index (χ4n) is 4.14. The minimum Gasteiger partial charge on any atom is -0.292 e. The molecule has 0 bridgehead atoms. The highest BCUT2D eigenvalue weighted by Crippen LogP contribution is 2.39. The number of sulfone groups is 1. The zero-order valence-electron chi connectivity index (χ0n) is 19.4. The third kappa shape index (κ3) is 5.76. The SMILES string of the molecule is C#CCN1CCC(C(=O)NO)(S(=O)(=O)c2ccc(-c3ccc(CCC(F)(F)C(F)(F)F)cn3)cc2)CC1. The van der Waals surface area contributed by atoms with Crippen LogP contribution in [0.3, 0.4) is 0 Å². The molecule has 1 aliphatic rings. The predicted octanol–water partition coefficient (Wildman–Crippen LogP) is 3.63. The number of piperidine rings is 1. The maximum Gasteiger partial charge on any atom is 0.453 e. The Morgan fingerprint density at radius 2 is 1.73 bits per heavy atom. The Hall–Kier alpha value is -3.08. The van der Waals surface area contributed by atoms with Crippen LogP contribution in [0.25, 0.3) is 11.3 Å². The summed E-state index contributed by atoms with van der Waals surface area (Å²) in [6.07, 6.45) is -1.26. The molecule has 0 spiro atoms. The molecule has 200 valence electrons. The molecule has 1 amide bonds. The van der Waals surface area contributed by atoms with Crippen LogP contribution in [0.4, 0.5) is 22.0 Å². The van der Waals surface area contributed by atoms with Crippen LogP contribution in [0.2, 0.25) is 0 Å². The van der Waals surface area contributed by atoms with Crippen LogP contribution in [0.5, 0.6) is 0 Å². The summed E-state index contributed by atoms with van der Waals surface area (Å²) in [5.41, 5.74) is 2.44. The smallest absolute Gasteiger partial charge is 0.292 e. The number of benzene rings is 1. The van der Waals surface area contributed by atoms with Crippen LogP contribution < -0.4 is 5.48 Å². The molecule has 1 aromatic heterocycles. The van der Waals surface area contributed by atoms with Gasteiger partial charge < -0.3 is 0 Å². The number of aryl methyl sites for hydroxylation is 1. The molecule has 0 unspecified atom stereocenters. The van der Waals surface area contributed by atoms with Crippen molar-refractivity contribution >= 4 is 15.7 Å². The highest BCUT2D eigenvalue weighted by atomic mass is 32.2. The number of likely N-dealkylation sites (tertiary alicyclic amines) is 1. The fourth-order valence-corrected chi connectivity index (χ4v) is 6.09. The zero-order valence-corrected chi connectivity index (χ0v) is 20.2. The number of alkyl halides is 5. The van der Waals surface area contributed by atoms with E-state index in [1.54, 1.807) is 0 Å². The van der Waals surface area contributed by atoms with E-state index in [0.29, 0.717) is 17.8 Å². The molecule has 1 saturated heterocycles. The monoisotopic (exact) mass is 545 g/mol. The summed E-state index contributed by atoms with van der Waals surface area (Å²) in [6.45, 7) is 0.766. The molecule has 7 nitrogen and oxygen atoms in total. The first-order valence-electron chi connectivity index (χ1n) is 11.1. The van der Waals surface area contributed by atoms with E-state index in [4.69, 9.17) is 6.42 Å². The van der Waals surface area contributed by atoms with Gasteiger partial charge in [0, 0.05) is 31.3 Å². The molecule has 37 heavy (non-hydrogen) atoms. The first-order valence-corrected chi connectivity index (χ1v) is 12.6. The lowest BCUT2D eigenvalue weighted by Crippen LogP contribution is -2.57. The van der Waals surface area contributed by atoms with Crippen molar-refractivity contribution in [2.24, 2.45) is 0 Å². The van der Waals surface area contributed by atoms with Crippen LogP contribution >= 0.6 is 0 Å². The molecule has 3 rings (SSSR count). The first-order chi connectivity index (χ1) is 17.3. The lowest BCUT2D eigenvalue weighted by molar-refractivity contribution is -0.284. The Labute approximate surface area is 210 Å². The van der Waals surface area contributed by atoms with Gasteiger partial charge in [-0.05, 0) is 43.0 Å². The van der Waals surface area contributed by atoms with E-state index < -0.39 is 45.4 Å². The molecular weight excluding hydrogens is 521 g/mol. The van der Waals surface area contributed by atoms with Crippen molar-refractivity contribution in [2.45, 2.75) is 47.4 Å². The van der Waals surface area contributed by atoms with Crippen molar-refractivity contribution in [3.63, 3.8) is 0 Å². The van der Waals surface area contributed by atoms with E-state index in [0.717, 1.165) is 0 Å². The van der Waals surface area contributed by atoms with Gasteiger partial charge in [0.15, 0.2) is 14.6 Å². The number of aromatic nitrogens is 1. The van der Waals surface area contributed by atoms with Gasteiger partial charge in [0.25, 0.3) is 5.91 Å². The minimum atomic E-state index is -5.63. The third-order valence-corrected chi connectivity index (χ3v) is 8.95. The summed E-state index contributed by atoms with van der Waals surface area (Å²) in [7, 11) is -4.25. The van der Waals surface area contributed by atoms with Crippen molar-refractivity contribution in [1.82, 2.24) is 15.4 Å². The van der Waals surface area contributed by atoms with Gasteiger partial charge in [-0.3, -0.25) is 19.9 Å². The Balaban J connectivity index is 1.78. The van der Waals surface area contributed by atoms with Crippen molar-refractivity contribution in [1.29, 1.82) is 0 Å². The third-order valence-electron chi connectivity index (χ3n) is 6.44. The van der Waals surface area contributed by atoms with Gasteiger partial charge in [0.1, 0.15) is 0 Å². The molecule has 0 aliphatic carbocycles. The van der Waals surface area contributed by atoms with Crippen LogP contribution in [0.15, 0.2) is 47.5 Å². The zero-order chi connectivity index (χ0) is 27.5. The Morgan fingerprint density at radius 1 is 1.11 bits per heavy atom. The van der Waals surface area contributed by atoms with Crippen LogP contribution in [0.1, 0.15) is 24.8 Å². The second-order valence-electron chi connectivity index (χ2n) is 8.70. The molecule has 2 aromatic rings. The van der Waals surface area contributed by atoms with Crippen LogP contribution in [0, 0.1) is 12.3 Å². The Kier molecular flexibility index (Phi) is 8.26. The Bertz CT molecular complexity index is 1250. The number of hydrogen-bond donors (Lipinski definition) is 2. The van der Waals surface area contributed by atoms with Crippen LogP contribution in [-0.2, 0) is 21.1 Å². The Morgan fingerprint density at radius 3 is 2.22 bits per heavy atom. The highest BCUT2D eigenvalue weighted by molar-refractivity contribution is 7.93. The number of hydroxylamine groups is 1. The number of carbonyl (C=O) groups is 1. The standard InChI is InChI=1S/C24H24F5N3O4S/c1-2-13-32-14-11-22(12-15-32,21(33)31-34)37(35,36)19-6-4-18(5-7-19)20-8-3-17(16-30-20)9-10-23(25,26)24(27,28)29/h1,3-8,16,34H,9-15H2,(H,31,33). The maximum absolute atomic E-state index is 13.5. The van der Waals surface area contributed by atoms with E-state index in [9.17, 15) is 40.4 Å². The van der Waals surface area contributed by atoms with Crippen molar-refractivity contribution in [3.05, 3.63) is 48.2 Å². The molecule has 0 atom stereocenters. The second-order valence-corrected chi connectivity index (χ2v) is 11.0. The number of amides is 1. The summed E-state index contributed by atoms with van der Waals surface area (Å²) in [5.74, 6) is -3.38. The number of carbonyl (C=O) groups excluding carboxylic acids is 1.